The Balaban J connectivity index is 2.44. The highest BCUT2D eigenvalue weighted by Gasteiger charge is 2.36. The average molecular weight is 193 g/mol. The maximum atomic E-state index is 14.4. The number of alkyl halides is 1. The molecule has 76 valence electrons. The standard InChI is InChI=1S/C12H16FN/c1-9-3-4-10(2)11(7-9)12(13)5-6-14-8-12/h3-4,7,14H,5-6,8H2,1-2H3. The summed E-state index contributed by atoms with van der Waals surface area (Å²) in [6, 6.07) is 6.01. The van der Waals surface area contributed by atoms with Gasteiger partial charge in [0.15, 0.2) is 0 Å². The second-order valence-corrected chi connectivity index (χ2v) is 4.21. The van der Waals surface area contributed by atoms with Gasteiger partial charge in [-0.1, -0.05) is 23.8 Å². The fourth-order valence-corrected chi connectivity index (χ4v) is 2.11. The first-order valence-corrected chi connectivity index (χ1v) is 5.09. The smallest absolute Gasteiger partial charge is 0.149 e. The molecule has 1 nitrogen and oxygen atoms in total. The first kappa shape index (κ1) is 9.66. The van der Waals surface area contributed by atoms with E-state index in [0.717, 1.165) is 23.2 Å². The third-order valence-electron chi connectivity index (χ3n) is 2.98. The quantitative estimate of drug-likeness (QED) is 0.722. The van der Waals surface area contributed by atoms with Gasteiger partial charge in [0.1, 0.15) is 5.67 Å². The molecule has 1 unspecified atom stereocenters. The maximum Gasteiger partial charge on any atom is 0.149 e. The zero-order chi connectivity index (χ0) is 10.2. The largest absolute Gasteiger partial charge is 0.313 e. The predicted molar refractivity (Wildman–Crippen MR) is 56.2 cm³/mol. The highest BCUT2D eigenvalue weighted by atomic mass is 19.1. The topological polar surface area (TPSA) is 12.0 Å². The van der Waals surface area contributed by atoms with E-state index in [0.29, 0.717) is 13.0 Å². The van der Waals surface area contributed by atoms with Gasteiger partial charge >= 0.3 is 0 Å². The van der Waals surface area contributed by atoms with E-state index in [-0.39, 0.29) is 0 Å². The number of benzene rings is 1. The van der Waals surface area contributed by atoms with E-state index in [1.165, 1.54) is 0 Å². The van der Waals surface area contributed by atoms with Crippen LogP contribution in [-0.4, -0.2) is 13.1 Å². The minimum Gasteiger partial charge on any atom is -0.313 e. The van der Waals surface area contributed by atoms with Crippen molar-refractivity contribution in [2.45, 2.75) is 25.9 Å². The highest BCUT2D eigenvalue weighted by molar-refractivity contribution is 5.36. The van der Waals surface area contributed by atoms with Crippen molar-refractivity contribution >= 4 is 0 Å². The molecule has 2 rings (SSSR count). The van der Waals surface area contributed by atoms with Gasteiger partial charge in [-0.2, -0.15) is 0 Å². The van der Waals surface area contributed by atoms with Crippen LogP contribution in [0.3, 0.4) is 0 Å². The van der Waals surface area contributed by atoms with Gasteiger partial charge in [-0.25, -0.2) is 4.39 Å². The molecule has 1 N–H and O–H groups in total. The van der Waals surface area contributed by atoms with Crippen LogP contribution in [0.25, 0.3) is 0 Å². The van der Waals surface area contributed by atoms with E-state index in [1.807, 2.05) is 32.0 Å². The number of nitrogens with one attached hydrogen (secondary N) is 1. The van der Waals surface area contributed by atoms with Crippen molar-refractivity contribution in [2.24, 2.45) is 0 Å². The summed E-state index contributed by atoms with van der Waals surface area (Å²) >= 11 is 0. The number of hydrogen-bond donors (Lipinski definition) is 1. The molecule has 0 radical (unpaired) electrons. The molecule has 1 heterocycles. The summed E-state index contributed by atoms with van der Waals surface area (Å²) in [5.74, 6) is 0. The maximum absolute atomic E-state index is 14.4. The van der Waals surface area contributed by atoms with E-state index in [4.69, 9.17) is 0 Å². The van der Waals surface area contributed by atoms with E-state index in [1.54, 1.807) is 0 Å². The number of halogens is 1. The van der Waals surface area contributed by atoms with Gasteiger partial charge in [0.25, 0.3) is 0 Å². The molecule has 0 amide bonds. The van der Waals surface area contributed by atoms with Crippen LogP contribution in [0.15, 0.2) is 18.2 Å². The van der Waals surface area contributed by atoms with Crippen molar-refractivity contribution < 1.29 is 4.39 Å². The molecule has 1 aromatic rings. The first-order valence-electron chi connectivity index (χ1n) is 5.09. The predicted octanol–water partition coefficient (Wildman–Crippen LogP) is 2.46. The molecule has 14 heavy (non-hydrogen) atoms. The highest BCUT2D eigenvalue weighted by Crippen LogP contribution is 2.34. The lowest BCUT2D eigenvalue weighted by Crippen LogP contribution is -2.24. The second kappa shape index (κ2) is 3.35. The molecular formula is C12H16FN. The summed E-state index contributed by atoms with van der Waals surface area (Å²) in [7, 11) is 0. The van der Waals surface area contributed by atoms with Crippen LogP contribution in [0.5, 0.6) is 0 Å². The lowest BCUT2D eigenvalue weighted by Gasteiger charge is -2.21. The summed E-state index contributed by atoms with van der Waals surface area (Å²) < 4.78 is 14.4. The van der Waals surface area contributed by atoms with Crippen LogP contribution in [0.1, 0.15) is 23.1 Å². The molecular weight excluding hydrogens is 177 g/mol. The minimum atomic E-state index is -1.14. The van der Waals surface area contributed by atoms with Crippen molar-refractivity contribution in [3.8, 4) is 0 Å². The molecule has 1 aliphatic rings. The van der Waals surface area contributed by atoms with E-state index >= 15 is 0 Å². The summed E-state index contributed by atoms with van der Waals surface area (Å²) in [5, 5.41) is 3.08. The zero-order valence-electron chi connectivity index (χ0n) is 8.73. The first-order chi connectivity index (χ1) is 6.62. The summed E-state index contributed by atoms with van der Waals surface area (Å²) in [5.41, 5.74) is 1.91. The van der Waals surface area contributed by atoms with Gasteiger partial charge in [0.2, 0.25) is 0 Å². The van der Waals surface area contributed by atoms with Crippen molar-refractivity contribution in [2.75, 3.05) is 13.1 Å². The molecule has 1 atom stereocenters. The van der Waals surface area contributed by atoms with Crippen LogP contribution in [0, 0.1) is 13.8 Å². The van der Waals surface area contributed by atoms with Gasteiger partial charge < -0.3 is 5.32 Å². The Kier molecular flexibility index (Phi) is 2.31. The molecule has 0 bridgehead atoms. The van der Waals surface area contributed by atoms with Crippen LogP contribution in [-0.2, 0) is 5.67 Å². The molecule has 0 saturated carbocycles. The monoisotopic (exact) mass is 193 g/mol. The average Bonchev–Trinajstić information content (AvgIpc) is 2.58. The van der Waals surface area contributed by atoms with Crippen LogP contribution >= 0.6 is 0 Å². The van der Waals surface area contributed by atoms with E-state index in [9.17, 15) is 4.39 Å². The number of hydrogen-bond acceptors (Lipinski definition) is 1. The summed E-state index contributed by atoms with van der Waals surface area (Å²) in [6.45, 7) is 5.23. The second-order valence-electron chi connectivity index (χ2n) is 4.21. The van der Waals surface area contributed by atoms with Crippen LogP contribution < -0.4 is 5.32 Å². The molecule has 1 aromatic carbocycles. The normalized spacial score (nSPS) is 26.8. The Hall–Kier alpha value is -0.890. The van der Waals surface area contributed by atoms with Gasteiger partial charge in [-0.05, 0) is 37.9 Å². The summed E-state index contributed by atoms with van der Waals surface area (Å²) in [4.78, 5) is 0. The van der Waals surface area contributed by atoms with Crippen LogP contribution in [0.4, 0.5) is 4.39 Å². The molecule has 0 spiro atoms. The Morgan fingerprint density at radius 2 is 2.14 bits per heavy atom. The summed E-state index contributed by atoms with van der Waals surface area (Å²) in [6.07, 6.45) is 0.595. The van der Waals surface area contributed by atoms with Crippen molar-refractivity contribution in [1.29, 1.82) is 0 Å². The molecule has 1 saturated heterocycles. The third kappa shape index (κ3) is 1.55. The van der Waals surface area contributed by atoms with Crippen molar-refractivity contribution in [3.05, 3.63) is 34.9 Å². The lowest BCUT2D eigenvalue weighted by molar-refractivity contribution is 0.192. The Bertz CT molecular complexity index is 340. The van der Waals surface area contributed by atoms with Gasteiger partial charge in [-0.15, -0.1) is 0 Å². The Labute approximate surface area is 84.3 Å². The lowest BCUT2D eigenvalue weighted by atomic mass is 9.90. The number of aryl methyl sites for hydroxylation is 2. The minimum absolute atomic E-state index is 0.456. The SMILES string of the molecule is Cc1ccc(C)c(C2(F)CCNC2)c1. The van der Waals surface area contributed by atoms with E-state index < -0.39 is 5.67 Å². The van der Waals surface area contributed by atoms with Gasteiger partial charge in [-0.3, -0.25) is 0 Å². The third-order valence-corrected chi connectivity index (χ3v) is 2.98. The van der Waals surface area contributed by atoms with E-state index in [2.05, 4.69) is 5.32 Å². The molecule has 0 aromatic heterocycles. The fraction of sp³-hybridized carbons (Fsp3) is 0.500. The number of rotatable bonds is 1. The van der Waals surface area contributed by atoms with Crippen LogP contribution in [0.2, 0.25) is 0 Å². The van der Waals surface area contributed by atoms with Crippen molar-refractivity contribution in [1.82, 2.24) is 5.32 Å². The zero-order valence-corrected chi connectivity index (χ0v) is 8.73. The molecule has 1 aliphatic heterocycles. The fourth-order valence-electron chi connectivity index (χ4n) is 2.11. The Morgan fingerprint density at radius 3 is 2.79 bits per heavy atom. The van der Waals surface area contributed by atoms with Crippen molar-refractivity contribution in [3.63, 3.8) is 0 Å². The Morgan fingerprint density at radius 1 is 1.36 bits per heavy atom. The molecule has 2 heteroatoms. The van der Waals surface area contributed by atoms with Gasteiger partial charge in [0, 0.05) is 6.54 Å². The molecule has 0 aliphatic carbocycles. The van der Waals surface area contributed by atoms with Gasteiger partial charge in [0.05, 0.1) is 0 Å². The molecule has 1 fully saturated rings.